The van der Waals surface area contributed by atoms with Crippen LogP contribution in [0.15, 0.2) is 60.7 Å². The van der Waals surface area contributed by atoms with Gasteiger partial charge in [-0.15, -0.1) is 0 Å². The van der Waals surface area contributed by atoms with Crippen LogP contribution in [0, 0.1) is 5.82 Å². The van der Waals surface area contributed by atoms with Crippen molar-refractivity contribution in [1.82, 2.24) is 15.6 Å². The second kappa shape index (κ2) is 9.80. The van der Waals surface area contributed by atoms with Gasteiger partial charge >= 0.3 is 5.97 Å². The van der Waals surface area contributed by atoms with Crippen LogP contribution in [-0.4, -0.2) is 40.0 Å². The molecule has 0 unspecified atom stereocenters. The zero-order valence-electron chi connectivity index (χ0n) is 16.8. The first-order valence-corrected chi connectivity index (χ1v) is 9.71. The number of carbonyl (C=O) groups excluding carboxylic acids is 2. The van der Waals surface area contributed by atoms with E-state index < -0.39 is 35.7 Å². The van der Waals surface area contributed by atoms with E-state index in [0.717, 1.165) is 10.9 Å². The number of hydrogen-bond acceptors (Lipinski definition) is 4. The number of carbonyl (C=O) groups is 3. The molecule has 3 aromatic rings. The predicted molar refractivity (Wildman–Crippen MR) is 113 cm³/mol. The third-order valence-electron chi connectivity index (χ3n) is 4.71. The van der Waals surface area contributed by atoms with E-state index in [2.05, 4.69) is 15.6 Å². The van der Waals surface area contributed by atoms with E-state index in [1.54, 1.807) is 12.1 Å². The number of carboxylic acids is 1. The number of amides is 2. The van der Waals surface area contributed by atoms with Gasteiger partial charge in [0.1, 0.15) is 17.9 Å². The lowest BCUT2D eigenvalue weighted by molar-refractivity contribution is -0.142. The van der Waals surface area contributed by atoms with Crippen LogP contribution < -0.4 is 10.6 Å². The fourth-order valence-corrected chi connectivity index (χ4v) is 3.26. The summed E-state index contributed by atoms with van der Waals surface area (Å²) in [5.74, 6) is -2.83. The number of fused-ring (bicyclic) bond motifs is 1. The van der Waals surface area contributed by atoms with E-state index in [0.29, 0.717) is 11.3 Å². The molecule has 31 heavy (non-hydrogen) atoms. The molecule has 3 rings (SSSR count). The van der Waals surface area contributed by atoms with Gasteiger partial charge in [-0.2, -0.15) is 0 Å². The highest BCUT2D eigenvalue weighted by atomic mass is 19.1. The normalized spacial score (nSPS) is 12.7. The zero-order valence-corrected chi connectivity index (χ0v) is 16.8. The Hall–Kier alpha value is -3.81. The molecule has 0 fully saturated rings. The van der Waals surface area contributed by atoms with Crippen LogP contribution >= 0.6 is 0 Å². The number of benzene rings is 2. The number of nitrogens with one attached hydrogen (secondary N) is 2. The van der Waals surface area contributed by atoms with Gasteiger partial charge in [0, 0.05) is 30.8 Å². The van der Waals surface area contributed by atoms with Gasteiger partial charge < -0.3 is 15.7 Å². The molecule has 2 atom stereocenters. The molecule has 3 N–H and O–H groups in total. The molecule has 0 spiro atoms. The summed E-state index contributed by atoms with van der Waals surface area (Å²) in [6, 6.07) is 14.3. The van der Waals surface area contributed by atoms with Gasteiger partial charge in [0.15, 0.2) is 0 Å². The number of aliphatic carboxylic acids is 1. The van der Waals surface area contributed by atoms with E-state index in [1.165, 1.54) is 25.1 Å². The Morgan fingerprint density at radius 2 is 1.74 bits per heavy atom. The second-order valence-corrected chi connectivity index (χ2v) is 7.19. The molecule has 8 heteroatoms. The monoisotopic (exact) mass is 423 g/mol. The summed E-state index contributed by atoms with van der Waals surface area (Å²) in [6.07, 6.45) is -0.0115. The summed E-state index contributed by atoms with van der Waals surface area (Å²) in [6.45, 7) is 1.25. The van der Waals surface area contributed by atoms with Crippen LogP contribution in [0.1, 0.15) is 18.2 Å². The van der Waals surface area contributed by atoms with E-state index >= 15 is 0 Å². The summed E-state index contributed by atoms with van der Waals surface area (Å²) >= 11 is 0. The van der Waals surface area contributed by atoms with Crippen molar-refractivity contribution in [3.63, 3.8) is 0 Å². The molecular formula is C23H22FN3O4. The smallest absolute Gasteiger partial charge is 0.326 e. The molecule has 2 amide bonds. The number of hydrogen-bond donors (Lipinski definition) is 3. The molecule has 0 radical (unpaired) electrons. The minimum atomic E-state index is -1.25. The van der Waals surface area contributed by atoms with Gasteiger partial charge in [-0.05, 0) is 29.8 Å². The fourth-order valence-electron chi connectivity index (χ4n) is 3.26. The summed E-state index contributed by atoms with van der Waals surface area (Å²) in [4.78, 5) is 40.6. The third-order valence-corrected chi connectivity index (χ3v) is 4.71. The largest absolute Gasteiger partial charge is 0.480 e. The first-order valence-electron chi connectivity index (χ1n) is 9.71. The number of halogens is 1. The lowest BCUT2D eigenvalue weighted by Crippen LogP contribution is -2.52. The maximum Gasteiger partial charge on any atom is 0.326 e. The maximum atomic E-state index is 13.5. The summed E-state index contributed by atoms with van der Waals surface area (Å²) in [5.41, 5.74) is 1.72. The average molecular weight is 423 g/mol. The molecule has 0 aliphatic rings. The van der Waals surface area contributed by atoms with Crippen LogP contribution in [-0.2, 0) is 27.2 Å². The Morgan fingerprint density at radius 1 is 0.968 bits per heavy atom. The quantitative estimate of drug-likeness (QED) is 0.515. The topological polar surface area (TPSA) is 108 Å². The Labute approximate surface area is 178 Å². The molecule has 0 saturated carbocycles. The highest BCUT2D eigenvalue weighted by Crippen LogP contribution is 2.13. The molecule has 1 heterocycles. The second-order valence-electron chi connectivity index (χ2n) is 7.19. The number of carboxylic acid groups (broad SMARTS) is 1. The van der Waals surface area contributed by atoms with Crippen molar-refractivity contribution in [3.8, 4) is 0 Å². The SMILES string of the molecule is CC(=O)N[C@H](Cc1cccc(F)c1)C(=O)N[C@@H](Cc1ccc2ccccc2n1)C(=O)O. The highest BCUT2D eigenvalue weighted by Gasteiger charge is 2.27. The Morgan fingerprint density at radius 3 is 2.45 bits per heavy atom. The molecule has 1 aromatic heterocycles. The Bertz CT molecular complexity index is 1120. The van der Waals surface area contributed by atoms with Crippen LogP contribution in [0.3, 0.4) is 0 Å². The third kappa shape index (κ3) is 6.08. The van der Waals surface area contributed by atoms with Gasteiger partial charge in [0.2, 0.25) is 11.8 Å². The molecule has 7 nitrogen and oxygen atoms in total. The van der Waals surface area contributed by atoms with Gasteiger partial charge in [0.25, 0.3) is 0 Å². The van der Waals surface area contributed by atoms with Crippen molar-refractivity contribution in [1.29, 1.82) is 0 Å². The van der Waals surface area contributed by atoms with Crippen molar-refractivity contribution in [2.45, 2.75) is 31.8 Å². The number of aromatic nitrogens is 1. The molecule has 0 saturated heterocycles. The Balaban J connectivity index is 1.75. The van der Waals surface area contributed by atoms with Gasteiger partial charge in [-0.25, -0.2) is 9.18 Å². The van der Waals surface area contributed by atoms with Gasteiger partial charge in [0.05, 0.1) is 5.52 Å². The standard InChI is InChI=1S/C23H22FN3O4/c1-14(28)25-20(12-15-5-4-7-17(24)11-15)22(29)27-21(23(30)31)13-18-10-9-16-6-2-3-8-19(16)26-18/h2-11,20-21H,12-13H2,1H3,(H,25,28)(H,27,29)(H,30,31)/t20-,21+/m1/s1. The minimum absolute atomic E-state index is 0.0176. The maximum absolute atomic E-state index is 13.5. The number of pyridine rings is 1. The molecule has 0 bridgehead atoms. The van der Waals surface area contributed by atoms with E-state index in [1.807, 2.05) is 30.3 Å². The van der Waals surface area contributed by atoms with Crippen molar-refractivity contribution < 1.29 is 23.9 Å². The average Bonchev–Trinajstić information content (AvgIpc) is 2.72. The lowest BCUT2D eigenvalue weighted by Gasteiger charge is -2.21. The predicted octanol–water partition coefficient (Wildman–Crippen LogP) is 2.23. The summed E-state index contributed by atoms with van der Waals surface area (Å²) in [5, 5.41) is 15.5. The summed E-state index contributed by atoms with van der Waals surface area (Å²) in [7, 11) is 0. The van der Waals surface area contributed by atoms with Gasteiger partial charge in [-0.3, -0.25) is 14.6 Å². The van der Waals surface area contributed by atoms with Crippen LogP contribution in [0.4, 0.5) is 4.39 Å². The van der Waals surface area contributed by atoms with Crippen molar-refractivity contribution in [3.05, 3.63) is 77.7 Å². The van der Waals surface area contributed by atoms with Crippen LogP contribution in [0.5, 0.6) is 0 Å². The minimum Gasteiger partial charge on any atom is -0.480 e. The first kappa shape index (κ1) is 21.9. The fraction of sp³-hybridized carbons (Fsp3) is 0.217. The molecule has 2 aromatic carbocycles. The van der Waals surface area contributed by atoms with Crippen LogP contribution in [0.2, 0.25) is 0 Å². The molecule has 0 aliphatic heterocycles. The van der Waals surface area contributed by atoms with E-state index in [4.69, 9.17) is 0 Å². The molecule has 160 valence electrons. The van der Waals surface area contributed by atoms with Crippen molar-refractivity contribution in [2.75, 3.05) is 0 Å². The van der Waals surface area contributed by atoms with E-state index in [9.17, 15) is 23.9 Å². The summed E-state index contributed by atoms with van der Waals surface area (Å²) < 4.78 is 13.5. The van der Waals surface area contributed by atoms with Crippen molar-refractivity contribution >= 4 is 28.7 Å². The lowest BCUT2D eigenvalue weighted by atomic mass is 10.0. The Kier molecular flexibility index (Phi) is 6.92. The van der Waals surface area contributed by atoms with Gasteiger partial charge in [-0.1, -0.05) is 36.4 Å². The molecule has 0 aliphatic carbocycles. The van der Waals surface area contributed by atoms with Crippen LogP contribution in [0.25, 0.3) is 10.9 Å². The van der Waals surface area contributed by atoms with E-state index in [-0.39, 0.29) is 12.8 Å². The molecular weight excluding hydrogens is 401 g/mol. The zero-order chi connectivity index (χ0) is 22.4. The number of para-hydroxylation sites is 1. The first-order chi connectivity index (χ1) is 14.8. The van der Waals surface area contributed by atoms with Crippen molar-refractivity contribution in [2.24, 2.45) is 0 Å². The number of rotatable bonds is 8. The highest BCUT2D eigenvalue weighted by molar-refractivity contribution is 5.90. The number of nitrogens with zero attached hydrogens (tertiary/aromatic N) is 1.